The third-order valence-corrected chi connectivity index (χ3v) is 6.96. The molecule has 1 fully saturated rings. The molecular formula is C31H41FN2O3. The van der Waals surface area contributed by atoms with Crippen molar-refractivity contribution in [2.75, 3.05) is 6.54 Å². The van der Waals surface area contributed by atoms with Crippen LogP contribution in [0.1, 0.15) is 82.9 Å². The fraction of sp³-hybridized carbons (Fsp3) is 0.484. The molecule has 2 rings (SSSR count). The van der Waals surface area contributed by atoms with Gasteiger partial charge in [0.25, 0.3) is 5.91 Å². The zero-order chi connectivity index (χ0) is 27.7. The van der Waals surface area contributed by atoms with E-state index < -0.39 is 17.8 Å². The minimum atomic E-state index is -1.21. The molecule has 37 heavy (non-hydrogen) atoms. The summed E-state index contributed by atoms with van der Waals surface area (Å²) in [7, 11) is 0. The Balaban J connectivity index is 2.52. The molecule has 1 aliphatic rings. The normalized spacial score (nSPS) is 17.6. The molecule has 6 heteroatoms. The molecule has 1 aliphatic heterocycles. The van der Waals surface area contributed by atoms with Gasteiger partial charge in [-0.1, -0.05) is 49.6 Å². The topological polar surface area (TPSA) is 70.0 Å². The first-order chi connectivity index (χ1) is 17.5. The number of amides is 1. The Labute approximate surface area is 221 Å². The summed E-state index contributed by atoms with van der Waals surface area (Å²) in [5.41, 5.74) is 5.44. The number of nitrogens with zero attached hydrogens (tertiary/aromatic N) is 2. The highest BCUT2D eigenvalue weighted by molar-refractivity contribution is 6.43. The standard InChI is InChI=1S/C31H41FN2O3/c1-8-21(5)18-28(30(35)34-16-12-10-11-13-22(34)6)33-25(17-20(3)4)19-24-14-15-27(23(7)29(24)32)26(9-2)31(36)37/h14-15,18,22,25H,2-3,8,10-13,16-17,19H2,1,4-7H3,(H,36,37)/b21-18+,33-28+. The zero-order valence-electron chi connectivity index (χ0n) is 23.0. The van der Waals surface area contributed by atoms with Gasteiger partial charge in [0.1, 0.15) is 17.1 Å². The van der Waals surface area contributed by atoms with E-state index in [9.17, 15) is 14.7 Å². The van der Waals surface area contributed by atoms with Crippen molar-refractivity contribution < 1.29 is 19.1 Å². The van der Waals surface area contributed by atoms with Gasteiger partial charge in [0.05, 0.1) is 6.04 Å². The predicted molar refractivity (Wildman–Crippen MR) is 149 cm³/mol. The lowest BCUT2D eigenvalue weighted by atomic mass is 9.94. The van der Waals surface area contributed by atoms with Crippen LogP contribution in [-0.4, -0.2) is 46.2 Å². The number of hydrogen-bond acceptors (Lipinski definition) is 3. The van der Waals surface area contributed by atoms with Gasteiger partial charge in [0.15, 0.2) is 0 Å². The van der Waals surface area contributed by atoms with Crippen LogP contribution in [0.4, 0.5) is 4.39 Å². The number of carbonyl (C=O) groups excluding carboxylic acids is 1. The highest BCUT2D eigenvalue weighted by Crippen LogP contribution is 2.26. The van der Waals surface area contributed by atoms with Gasteiger partial charge in [0.2, 0.25) is 0 Å². The molecule has 0 bridgehead atoms. The van der Waals surface area contributed by atoms with Gasteiger partial charge < -0.3 is 10.0 Å². The Morgan fingerprint density at radius 3 is 2.59 bits per heavy atom. The largest absolute Gasteiger partial charge is 0.477 e. The number of carboxylic acid groups (broad SMARTS) is 1. The van der Waals surface area contributed by atoms with Crippen molar-refractivity contribution in [3.63, 3.8) is 0 Å². The van der Waals surface area contributed by atoms with E-state index in [1.54, 1.807) is 19.1 Å². The van der Waals surface area contributed by atoms with E-state index in [0.29, 0.717) is 24.2 Å². The molecule has 2 atom stereocenters. The average Bonchev–Trinajstić information content (AvgIpc) is 3.06. The Morgan fingerprint density at radius 1 is 1.30 bits per heavy atom. The molecule has 5 nitrogen and oxygen atoms in total. The lowest BCUT2D eigenvalue weighted by molar-refractivity contribution is -0.130. The quantitative estimate of drug-likeness (QED) is 0.163. The fourth-order valence-electron chi connectivity index (χ4n) is 4.69. The van der Waals surface area contributed by atoms with Crippen LogP contribution in [0, 0.1) is 12.7 Å². The smallest absolute Gasteiger partial charge is 0.344 e. The molecule has 1 N–H and O–H groups in total. The monoisotopic (exact) mass is 508 g/mol. The van der Waals surface area contributed by atoms with Crippen LogP contribution in [0.2, 0.25) is 0 Å². The van der Waals surface area contributed by atoms with E-state index in [0.717, 1.165) is 43.3 Å². The molecule has 0 spiro atoms. The molecule has 0 aliphatic carbocycles. The van der Waals surface area contributed by atoms with E-state index >= 15 is 4.39 Å². The fourth-order valence-corrected chi connectivity index (χ4v) is 4.69. The molecule has 0 radical (unpaired) electrons. The number of allylic oxidation sites excluding steroid dienone is 1. The predicted octanol–water partition coefficient (Wildman–Crippen LogP) is 6.85. The maximum Gasteiger partial charge on any atom is 0.344 e. The van der Waals surface area contributed by atoms with E-state index in [1.807, 2.05) is 31.7 Å². The van der Waals surface area contributed by atoms with E-state index in [2.05, 4.69) is 25.8 Å². The van der Waals surface area contributed by atoms with Gasteiger partial charge in [-0.3, -0.25) is 9.79 Å². The molecule has 0 saturated carbocycles. The van der Waals surface area contributed by atoms with Crippen molar-refractivity contribution in [3.8, 4) is 0 Å². The van der Waals surface area contributed by atoms with Crippen molar-refractivity contribution in [3.05, 3.63) is 70.8 Å². The van der Waals surface area contributed by atoms with Crippen LogP contribution in [0.5, 0.6) is 0 Å². The van der Waals surface area contributed by atoms with E-state index in [-0.39, 0.29) is 35.1 Å². The number of carbonyl (C=O) groups is 2. The molecule has 1 aromatic carbocycles. The summed E-state index contributed by atoms with van der Waals surface area (Å²) in [6.07, 6.45) is 7.59. The lowest BCUT2D eigenvalue weighted by Crippen LogP contribution is -2.42. The minimum absolute atomic E-state index is 0.0804. The van der Waals surface area contributed by atoms with Gasteiger partial charge in [-0.05, 0) is 77.0 Å². The molecule has 0 aromatic heterocycles. The number of aliphatic carboxylic acids is 1. The Bertz CT molecular complexity index is 1140. The summed E-state index contributed by atoms with van der Waals surface area (Å²) in [4.78, 5) is 32.1. The number of hydrogen-bond donors (Lipinski definition) is 1. The van der Waals surface area contributed by atoms with Gasteiger partial charge in [0, 0.05) is 18.2 Å². The number of rotatable bonds is 10. The van der Waals surface area contributed by atoms with Crippen LogP contribution < -0.4 is 0 Å². The number of aliphatic imine (C=N–C) groups is 1. The van der Waals surface area contributed by atoms with Crippen molar-refractivity contribution >= 4 is 23.2 Å². The van der Waals surface area contributed by atoms with Crippen molar-refractivity contribution in [1.29, 1.82) is 0 Å². The second kappa shape index (κ2) is 13.9. The first-order valence-corrected chi connectivity index (χ1v) is 13.1. The number of likely N-dealkylation sites (tertiary alicyclic amines) is 1. The van der Waals surface area contributed by atoms with Gasteiger partial charge >= 0.3 is 5.97 Å². The number of halogens is 1. The first-order valence-electron chi connectivity index (χ1n) is 13.1. The number of carboxylic acids is 1. The summed E-state index contributed by atoms with van der Waals surface area (Å²) in [5, 5.41) is 9.41. The van der Waals surface area contributed by atoms with Gasteiger partial charge in [-0.15, -0.1) is 12.3 Å². The Kier molecular flexibility index (Phi) is 11.3. The molecule has 1 saturated heterocycles. The molecule has 2 unspecified atom stereocenters. The maximum absolute atomic E-state index is 15.5. The molecular weight excluding hydrogens is 467 g/mol. The third kappa shape index (κ3) is 8.13. The Morgan fingerprint density at radius 2 is 2.00 bits per heavy atom. The summed E-state index contributed by atoms with van der Waals surface area (Å²) < 4.78 is 15.5. The van der Waals surface area contributed by atoms with Crippen LogP contribution in [0.3, 0.4) is 0 Å². The molecule has 1 heterocycles. The summed E-state index contributed by atoms with van der Waals surface area (Å²) in [5.74, 6) is -1.77. The zero-order valence-corrected chi connectivity index (χ0v) is 23.0. The highest BCUT2D eigenvalue weighted by Gasteiger charge is 2.26. The molecule has 1 amide bonds. The summed E-state index contributed by atoms with van der Waals surface area (Å²) in [6, 6.07) is 2.92. The minimum Gasteiger partial charge on any atom is -0.477 e. The third-order valence-electron chi connectivity index (χ3n) is 6.96. The van der Waals surface area contributed by atoms with Crippen LogP contribution in [0.15, 0.2) is 53.2 Å². The average molecular weight is 509 g/mol. The second-order valence-corrected chi connectivity index (χ2v) is 10.1. The van der Waals surface area contributed by atoms with E-state index in [4.69, 9.17) is 4.99 Å². The summed E-state index contributed by atoms with van der Waals surface area (Å²) >= 11 is 0. The SMILES string of the molecule is C=C=C(C(=O)O)c1ccc(CC(CC(=C)C)/N=C(\C=C(/C)CC)C(=O)N2CCCCCC2C)c(F)c1C. The van der Waals surface area contributed by atoms with Gasteiger partial charge in [-0.2, -0.15) is 0 Å². The highest BCUT2D eigenvalue weighted by atomic mass is 19.1. The van der Waals surface area contributed by atoms with Crippen LogP contribution >= 0.6 is 0 Å². The molecule has 1 aromatic rings. The Hall–Kier alpha value is -3.24. The van der Waals surface area contributed by atoms with Crippen molar-refractivity contribution in [2.45, 2.75) is 91.6 Å². The second-order valence-electron chi connectivity index (χ2n) is 10.1. The maximum atomic E-state index is 15.5. The molecule has 200 valence electrons. The lowest BCUT2D eigenvalue weighted by Gasteiger charge is -2.28. The number of benzene rings is 1. The van der Waals surface area contributed by atoms with Crippen molar-refractivity contribution in [1.82, 2.24) is 4.90 Å². The summed E-state index contributed by atoms with van der Waals surface area (Å²) in [6.45, 7) is 17.7. The first kappa shape index (κ1) is 30.0. The van der Waals surface area contributed by atoms with Crippen LogP contribution in [-0.2, 0) is 16.0 Å². The van der Waals surface area contributed by atoms with Crippen LogP contribution in [0.25, 0.3) is 5.57 Å². The van der Waals surface area contributed by atoms with Gasteiger partial charge in [-0.25, -0.2) is 9.18 Å². The van der Waals surface area contributed by atoms with E-state index in [1.165, 1.54) is 0 Å². The van der Waals surface area contributed by atoms with Crippen molar-refractivity contribution in [2.24, 2.45) is 4.99 Å².